The van der Waals surface area contributed by atoms with E-state index in [0.29, 0.717) is 0 Å². The average Bonchev–Trinajstić information content (AvgIpc) is 2.88. The summed E-state index contributed by atoms with van der Waals surface area (Å²) in [7, 11) is 0. The molecule has 2 heterocycles. The van der Waals surface area contributed by atoms with Gasteiger partial charge in [-0.25, -0.2) is 0 Å². The molecule has 0 fully saturated rings. The summed E-state index contributed by atoms with van der Waals surface area (Å²) in [6, 6.07) is 30.6. The first-order chi connectivity index (χ1) is 19.0. The molecule has 0 bridgehead atoms. The summed E-state index contributed by atoms with van der Waals surface area (Å²) in [5.74, 6) is 0. The van der Waals surface area contributed by atoms with Gasteiger partial charge in [-0.3, -0.25) is 0 Å². The highest BCUT2D eigenvalue weighted by atomic mass is 15.1. The number of anilines is 3. The van der Waals surface area contributed by atoms with Crippen LogP contribution >= 0.6 is 0 Å². The summed E-state index contributed by atoms with van der Waals surface area (Å²) < 4.78 is 0. The van der Waals surface area contributed by atoms with Crippen molar-refractivity contribution >= 4 is 40.2 Å². The highest BCUT2D eigenvalue weighted by molar-refractivity contribution is 6.99. The van der Waals surface area contributed by atoms with Crippen molar-refractivity contribution in [1.29, 1.82) is 0 Å². The maximum atomic E-state index is 2.54. The molecule has 4 aromatic rings. The van der Waals surface area contributed by atoms with E-state index in [0.717, 1.165) is 0 Å². The summed E-state index contributed by atoms with van der Waals surface area (Å²) >= 11 is 0. The molecule has 2 aliphatic heterocycles. The molecule has 0 amide bonds. The van der Waals surface area contributed by atoms with Crippen molar-refractivity contribution in [2.24, 2.45) is 0 Å². The van der Waals surface area contributed by atoms with Gasteiger partial charge in [0.15, 0.2) is 0 Å². The van der Waals surface area contributed by atoms with Crippen LogP contribution in [0.2, 0.25) is 0 Å². The molecular weight excluding hydrogens is 493 g/mol. The van der Waals surface area contributed by atoms with E-state index >= 15 is 0 Å². The Morgan fingerprint density at radius 1 is 0.585 bits per heavy atom. The number of benzene rings is 4. The van der Waals surface area contributed by atoms with Gasteiger partial charge < -0.3 is 4.90 Å². The molecule has 2 aliphatic rings. The first-order valence-corrected chi connectivity index (χ1v) is 15.3. The van der Waals surface area contributed by atoms with Gasteiger partial charge in [0, 0.05) is 22.5 Å². The van der Waals surface area contributed by atoms with Crippen molar-refractivity contribution in [2.75, 3.05) is 4.90 Å². The van der Waals surface area contributed by atoms with E-state index in [1.165, 1.54) is 61.3 Å². The van der Waals surface area contributed by atoms with Crippen molar-refractivity contribution < 1.29 is 0 Å². The molecule has 0 saturated carbocycles. The molecule has 1 nitrogen and oxygen atoms in total. The van der Waals surface area contributed by atoms with Crippen LogP contribution in [0.15, 0.2) is 78.9 Å². The second-order valence-electron chi connectivity index (χ2n) is 16.0. The zero-order valence-electron chi connectivity index (χ0n) is 27.0. The van der Waals surface area contributed by atoms with Gasteiger partial charge in [0.1, 0.15) is 0 Å². The van der Waals surface area contributed by atoms with Gasteiger partial charge in [-0.2, -0.15) is 0 Å². The lowest BCUT2D eigenvalue weighted by molar-refractivity contribution is 0.552. The lowest BCUT2D eigenvalue weighted by atomic mass is 9.29. The molecule has 4 aromatic carbocycles. The maximum Gasteiger partial charge on any atom is 0.247 e. The van der Waals surface area contributed by atoms with Crippen LogP contribution in [0.1, 0.15) is 104 Å². The van der Waals surface area contributed by atoms with Gasteiger partial charge >= 0.3 is 0 Å². The molecular formula is C39H46BN. The van der Waals surface area contributed by atoms with Crippen LogP contribution in [0.5, 0.6) is 0 Å². The van der Waals surface area contributed by atoms with Gasteiger partial charge in [-0.05, 0) is 79.3 Å². The molecule has 0 N–H and O–H groups in total. The van der Waals surface area contributed by atoms with Crippen molar-refractivity contribution in [3.63, 3.8) is 0 Å². The zero-order valence-corrected chi connectivity index (χ0v) is 27.0. The monoisotopic (exact) mass is 539 g/mol. The predicted molar refractivity (Wildman–Crippen MR) is 180 cm³/mol. The van der Waals surface area contributed by atoms with Gasteiger partial charge in [-0.1, -0.05) is 136 Å². The Kier molecular flexibility index (Phi) is 6.04. The number of fused-ring (bicyclic) bond motifs is 4. The van der Waals surface area contributed by atoms with Gasteiger partial charge in [0.25, 0.3) is 0 Å². The summed E-state index contributed by atoms with van der Waals surface area (Å²) in [4.78, 5) is 2.54. The van der Waals surface area contributed by atoms with Crippen LogP contribution < -0.4 is 21.3 Å². The Balaban J connectivity index is 1.73. The van der Waals surface area contributed by atoms with Crippen molar-refractivity contribution in [1.82, 2.24) is 0 Å². The maximum absolute atomic E-state index is 2.54. The largest absolute Gasteiger partial charge is 0.312 e. The van der Waals surface area contributed by atoms with Crippen molar-refractivity contribution in [3.05, 3.63) is 107 Å². The third kappa shape index (κ3) is 4.29. The minimum atomic E-state index is -0.109. The number of hydrogen-bond donors (Lipinski definition) is 0. The van der Waals surface area contributed by atoms with Crippen LogP contribution in [0, 0.1) is 0 Å². The Bertz CT molecular complexity index is 1650. The molecule has 2 heteroatoms. The van der Waals surface area contributed by atoms with Crippen molar-refractivity contribution in [3.8, 4) is 0 Å². The van der Waals surface area contributed by atoms with E-state index in [-0.39, 0.29) is 28.4 Å². The smallest absolute Gasteiger partial charge is 0.247 e. The second-order valence-corrected chi connectivity index (χ2v) is 16.0. The summed E-state index contributed by atoms with van der Waals surface area (Å²) in [6.07, 6.45) is 0. The third-order valence-electron chi connectivity index (χ3n) is 9.57. The Hall–Kier alpha value is -3.26. The summed E-state index contributed by atoms with van der Waals surface area (Å²) in [6.45, 7) is 26.0. The molecule has 6 rings (SSSR count). The Labute approximate surface area is 249 Å². The standard InChI is InChI=1S/C39H46BN/c1-36(2,3)25-16-19-27(20-17-25)41-32-22-18-26(37(4,5)6)24-31(32)40-30-15-13-12-14-28(30)39(10,11)34-29(38(7,8)9)21-23-33(41)35(34)40/h12-24H,1-11H3. The van der Waals surface area contributed by atoms with Crippen LogP contribution in [0.4, 0.5) is 17.1 Å². The molecule has 41 heavy (non-hydrogen) atoms. The van der Waals surface area contributed by atoms with Gasteiger partial charge in [0.05, 0.1) is 0 Å². The van der Waals surface area contributed by atoms with Crippen molar-refractivity contribution in [2.45, 2.75) is 97.8 Å². The molecule has 0 aliphatic carbocycles. The molecule has 0 unspecified atom stereocenters. The average molecular weight is 540 g/mol. The molecule has 0 spiro atoms. The van der Waals surface area contributed by atoms with E-state index in [2.05, 4.69) is 160 Å². The first-order valence-electron chi connectivity index (χ1n) is 15.3. The lowest BCUT2D eigenvalue weighted by Gasteiger charge is -2.47. The molecule has 0 saturated heterocycles. The molecule has 210 valence electrons. The van der Waals surface area contributed by atoms with Crippen LogP contribution in [0.25, 0.3) is 0 Å². The Morgan fingerprint density at radius 2 is 1.17 bits per heavy atom. The number of rotatable bonds is 1. The molecule has 0 aromatic heterocycles. The van der Waals surface area contributed by atoms with Crippen LogP contribution in [-0.2, 0) is 21.7 Å². The van der Waals surface area contributed by atoms with Gasteiger partial charge in [-0.15, -0.1) is 0 Å². The topological polar surface area (TPSA) is 3.24 Å². The van der Waals surface area contributed by atoms with E-state index in [4.69, 9.17) is 0 Å². The third-order valence-corrected chi connectivity index (χ3v) is 9.57. The number of hydrogen-bond acceptors (Lipinski definition) is 1. The number of nitrogens with zero attached hydrogens (tertiary/aromatic N) is 1. The Morgan fingerprint density at radius 3 is 1.78 bits per heavy atom. The second kappa shape index (κ2) is 8.87. The lowest BCUT2D eigenvalue weighted by Crippen LogP contribution is -2.64. The van der Waals surface area contributed by atoms with Crippen LogP contribution in [0.3, 0.4) is 0 Å². The highest BCUT2D eigenvalue weighted by Crippen LogP contribution is 2.46. The van der Waals surface area contributed by atoms with Crippen LogP contribution in [-0.4, -0.2) is 6.71 Å². The van der Waals surface area contributed by atoms with E-state index in [1.54, 1.807) is 0 Å². The molecule has 0 radical (unpaired) electrons. The minimum absolute atomic E-state index is 0.0329. The predicted octanol–water partition coefficient (Wildman–Crippen LogP) is 8.52. The van der Waals surface area contributed by atoms with E-state index < -0.39 is 0 Å². The highest BCUT2D eigenvalue weighted by Gasteiger charge is 2.48. The normalized spacial score (nSPS) is 15.8. The quantitative estimate of drug-likeness (QED) is 0.193. The minimum Gasteiger partial charge on any atom is -0.312 e. The van der Waals surface area contributed by atoms with E-state index in [9.17, 15) is 0 Å². The van der Waals surface area contributed by atoms with Gasteiger partial charge in [0.2, 0.25) is 6.71 Å². The summed E-state index contributed by atoms with van der Waals surface area (Å²) in [5, 5.41) is 0. The summed E-state index contributed by atoms with van der Waals surface area (Å²) in [5.41, 5.74) is 15.5. The zero-order chi connectivity index (χ0) is 29.7. The fourth-order valence-electron chi connectivity index (χ4n) is 7.30. The molecule has 0 atom stereocenters. The fraction of sp³-hybridized carbons (Fsp3) is 0.385. The fourth-order valence-corrected chi connectivity index (χ4v) is 7.30. The van der Waals surface area contributed by atoms with E-state index in [1.807, 2.05) is 0 Å². The first kappa shape index (κ1) is 27.9. The SMILES string of the molecule is CC(C)(C)c1ccc(N2c3ccc(C(C)(C)C)cc3B3c4ccccc4C(C)(C)c4c(C(C)(C)C)ccc2c43)cc1.